The predicted molar refractivity (Wildman–Crippen MR) is 103 cm³/mol. The molecule has 0 saturated carbocycles. The van der Waals surface area contributed by atoms with E-state index in [1.54, 1.807) is 0 Å². The maximum atomic E-state index is 12.3. The largest absolute Gasteiger partial charge is 0.352 e. The lowest BCUT2D eigenvalue weighted by Gasteiger charge is -2.13. The summed E-state index contributed by atoms with van der Waals surface area (Å²) in [4.78, 5) is 22.6. The van der Waals surface area contributed by atoms with E-state index in [1.165, 1.54) is 59.4 Å². The van der Waals surface area contributed by atoms with Gasteiger partial charge in [0.05, 0.1) is 4.92 Å². The number of nitro groups is 1. The molecular weight excluding hydrogens is 342 g/mol. The van der Waals surface area contributed by atoms with Crippen molar-refractivity contribution in [3.63, 3.8) is 0 Å². The molecule has 4 rings (SSSR count). The van der Waals surface area contributed by atoms with Crippen molar-refractivity contribution in [2.45, 2.75) is 32.1 Å². The van der Waals surface area contributed by atoms with Gasteiger partial charge < -0.3 is 9.72 Å². The van der Waals surface area contributed by atoms with E-state index in [0.717, 1.165) is 19.3 Å². The smallest absolute Gasteiger partial charge is 0.269 e. The molecule has 0 saturated heterocycles. The van der Waals surface area contributed by atoms with Gasteiger partial charge in [0, 0.05) is 41.6 Å². The Morgan fingerprint density at radius 1 is 1.11 bits per heavy atom. The van der Waals surface area contributed by atoms with Gasteiger partial charge in [0.1, 0.15) is 0 Å². The highest BCUT2D eigenvalue weighted by Crippen LogP contribution is 2.30. The molecule has 6 heteroatoms. The van der Waals surface area contributed by atoms with Crippen LogP contribution in [-0.2, 0) is 19.3 Å². The number of fused-ring (bicyclic) bond motifs is 3. The maximum absolute atomic E-state index is 12.3. The quantitative estimate of drug-likeness (QED) is 0.555. The summed E-state index contributed by atoms with van der Waals surface area (Å²) in [6.45, 7) is 0.539. The van der Waals surface area contributed by atoms with Crippen LogP contribution in [0.15, 0.2) is 48.7 Å². The third kappa shape index (κ3) is 3.30. The number of amides is 1. The fourth-order valence-corrected chi connectivity index (χ4v) is 3.98. The van der Waals surface area contributed by atoms with Gasteiger partial charge in [0.2, 0.25) is 0 Å². The molecule has 1 N–H and O–H groups in total. The summed E-state index contributed by atoms with van der Waals surface area (Å²) in [5, 5.41) is 13.7. The first-order valence-corrected chi connectivity index (χ1v) is 9.27. The van der Waals surface area contributed by atoms with Gasteiger partial charge in [0.25, 0.3) is 11.6 Å². The average molecular weight is 363 g/mol. The fourth-order valence-electron chi connectivity index (χ4n) is 3.98. The Labute approximate surface area is 157 Å². The summed E-state index contributed by atoms with van der Waals surface area (Å²) < 4.78 is 2.29. The molecule has 0 fully saturated rings. The second-order valence-corrected chi connectivity index (χ2v) is 6.88. The highest BCUT2D eigenvalue weighted by molar-refractivity contribution is 5.94. The maximum Gasteiger partial charge on any atom is 0.269 e. The highest BCUT2D eigenvalue weighted by atomic mass is 16.6. The molecule has 0 atom stereocenters. The number of hydrogen-bond donors (Lipinski definition) is 1. The van der Waals surface area contributed by atoms with Crippen LogP contribution in [0.25, 0.3) is 5.52 Å². The molecule has 1 aliphatic carbocycles. The van der Waals surface area contributed by atoms with Gasteiger partial charge >= 0.3 is 0 Å². The summed E-state index contributed by atoms with van der Waals surface area (Å²) in [6.07, 6.45) is 7.55. The van der Waals surface area contributed by atoms with Crippen LogP contribution in [-0.4, -0.2) is 21.8 Å². The minimum absolute atomic E-state index is 0.0153. The van der Waals surface area contributed by atoms with Gasteiger partial charge in [-0.25, -0.2) is 0 Å². The van der Waals surface area contributed by atoms with Gasteiger partial charge in [-0.1, -0.05) is 6.07 Å². The number of nitrogens with one attached hydrogen (secondary N) is 1. The Morgan fingerprint density at radius 2 is 1.89 bits per heavy atom. The Kier molecular flexibility index (Phi) is 4.62. The first-order chi connectivity index (χ1) is 13.1. The normalized spacial score (nSPS) is 13.3. The molecule has 1 aromatic carbocycles. The van der Waals surface area contributed by atoms with Gasteiger partial charge in [-0.05, 0) is 67.5 Å². The molecule has 0 radical (unpaired) electrons. The molecule has 0 bridgehead atoms. The first kappa shape index (κ1) is 17.3. The van der Waals surface area contributed by atoms with Crippen molar-refractivity contribution < 1.29 is 9.72 Å². The minimum atomic E-state index is -0.469. The lowest BCUT2D eigenvalue weighted by atomic mass is 9.93. The van der Waals surface area contributed by atoms with Crippen LogP contribution in [0.4, 0.5) is 5.69 Å². The molecule has 2 heterocycles. The molecule has 0 spiro atoms. The van der Waals surface area contributed by atoms with Crippen LogP contribution in [0.5, 0.6) is 0 Å². The number of non-ortho nitro benzene ring substituents is 1. The van der Waals surface area contributed by atoms with Gasteiger partial charge in [-0.15, -0.1) is 0 Å². The third-order valence-corrected chi connectivity index (χ3v) is 5.26. The van der Waals surface area contributed by atoms with Crippen LogP contribution in [0.3, 0.4) is 0 Å². The van der Waals surface area contributed by atoms with Crippen molar-refractivity contribution in [3.05, 3.63) is 81.2 Å². The number of nitrogens with zero attached hydrogens (tertiary/aromatic N) is 2. The van der Waals surface area contributed by atoms with Crippen molar-refractivity contribution in [2.24, 2.45) is 0 Å². The summed E-state index contributed by atoms with van der Waals surface area (Å²) >= 11 is 0. The van der Waals surface area contributed by atoms with Crippen molar-refractivity contribution in [1.82, 2.24) is 9.72 Å². The van der Waals surface area contributed by atoms with Gasteiger partial charge in [0.15, 0.2) is 0 Å². The Morgan fingerprint density at radius 3 is 2.67 bits per heavy atom. The second-order valence-electron chi connectivity index (χ2n) is 6.88. The summed E-state index contributed by atoms with van der Waals surface area (Å²) in [6, 6.07) is 11.9. The third-order valence-electron chi connectivity index (χ3n) is 5.26. The second kappa shape index (κ2) is 7.23. The number of carbonyl (C=O) groups excluding carboxylic acids is 1. The van der Waals surface area contributed by atoms with Crippen molar-refractivity contribution in [1.29, 1.82) is 0 Å². The fraction of sp³-hybridized carbons (Fsp3) is 0.286. The van der Waals surface area contributed by atoms with Crippen LogP contribution in [0.2, 0.25) is 0 Å². The monoisotopic (exact) mass is 363 g/mol. The van der Waals surface area contributed by atoms with E-state index in [2.05, 4.69) is 34.1 Å². The molecule has 1 amide bonds. The number of aromatic nitrogens is 1. The lowest BCUT2D eigenvalue weighted by Crippen LogP contribution is -2.25. The minimum Gasteiger partial charge on any atom is -0.352 e. The number of pyridine rings is 1. The van der Waals surface area contributed by atoms with Crippen molar-refractivity contribution in [2.75, 3.05) is 6.54 Å². The van der Waals surface area contributed by atoms with E-state index in [-0.39, 0.29) is 11.6 Å². The topological polar surface area (TPSA) is 76.7 Å². The number of hydrogen-bond acceptors (Lipinski definition) is 3. The standard InChI is InChI=1S/C21H21N3O3/c25-21(15-8-10-16(11-9-15)24(26)27)22-13-12-18-17-5-1-2-6-19(17)23-14-4-3-7-20(18)23/h3-4,7-11,14H,1-2,5-6,12-13H2,(H,22,25). The van der Waals surface area contributed by atoms with E-state index in [0.29, 0.717) is 12.1 Å². The van der Waals surface area contributed by atoms with Crippen LogP contribution in [0, 0.1) is 10.1 Å². The molecular formula is C21H21N3O3. The van der Waals surface area contributed by atoms with Crippen LogP contribution >= 0.6 is 0 Å². The van der Waals surface area contributed by atoms with Gasteiger partial charge in [-0.3, -0.25) is 14.9 Å². The first-order valence-electron chi connectivity index (χ1n) is 9.27. The molecule has 6 nitrogen and oxygen atoms in total. The van der Waals surface area contributed by atoms with E-state index in [4.69, 9.17) is 0 Å². The van der Waals surface area contributed by atoms with E-state index < -0.39 is 4.92 Å². The molecule has 1 aliphatic rings. The van der Waals surface area contributed by atoms with E-state index >= 15 is 0 Å². The lowest BCUT2D eigenvalue weighted by molar-refractivity contribution is -0.384. The number of benzene rings is 1. The zero-order valence-corrected chi connectivity index (χ0v) is 15.0. The van der Waals surface area contributed by atoms with Crippen molar-refractivity contribution >= 4 is 17.1 Å². The van der Waals surface area contributed by atoms with Crippen LogP contribution < -0.4 is 5.32 Å². The van der Waals surface area contributed by atoms with Crippen molar-refractivity contribution in [3.8, 4) is 0 Å². The average Bonchev–Trinajstić information content (AvgIpc) is 3.02. The predicted octanol–water partition coefficient (Wildman–Crippen LogP) is 3.70. The van der Waals surface area contributed by atoms with Crippen LogP contribution in [0.1, 0.15) is 40.0 Å². The Bertz CT molecular complexity index is 1010. The summed E-state index contributed by atoms with van der Waals surface area (Å²) in [5.74, 6) is -0.206. The molecule has 27 heavy (non-hydrogen) atoms. The Hall–Kier alpha value is -3.15. The molecule has 138 valence electrons. The molecule has 0 unspecified atom stereocenters. The number of aryl methyl sites for hydroxylation is 1. The number of carbonyl (C=O) groups is 1. The Balaban J connectivity index is 1.48. The zero-order chi connectivity index (χ0) is 18.8. The summed E-state index contributed by atoms with van der Waals surface area (Å²) in [5.41, 5.74) is 5.83. The molecule has 2 aromatic heterocycles. The highest BCUT2D eigenvalue weighted by Gasteiger charge is 2.20. The van der Waals surface area contributed by atoms with E-state index in [1.807, 2.05) is 0 Å². The summed E-state index contributed by atoms with van der Waals surface area (Å²) in [7, 11) is 0. The zero-order valence-electron chi connectivity index (χ0n) is 15.0. The number of nitro benzene ring substituents is 1. The van der Waals surface area contributed by atoms with E-state index in [9.17, 15) is 14.9 Å². The SMILES string of the molecule is O=C(NCCc1c2c(n3ccccc13)CCCC2)c1ccc([N+](=O)[O-])cc1. The molecule has 0 aliphatic heterocycles. The van der Waals surface area contributed by atoms with Gasteiger partial charge in [-0.2, -0.15) is 0 Å². The number of rotatable bonds is 5. The molecule has 3 aromatic rings.